The molecule has 1 heterocycles. The Hall–Kier alpha value is -3.21. The van der Waals surface area contributed by atoms with Gasteiger partial charge in [0.15, 0.2) is 11.9 Å². The third-order valence-electron chi connectivity index (χ3n) is 5.07. The zero-order valence-corrected chi connectivity index (χ0v) is 15.7. The van der Waals surface area contributed by atoms with Crippen LogP contribution in [0.5, 0.6) is 5.75 Å². The number of carbonyl (C=O) groups is 2. The van der Waals surface area contributed by atoms with Crippen LogP contribution >= 0.6 is 0 Å². The van der Waals surface area contributed by atoms with Gasteiger partial charge < -0.3 is 9.47 Å². The third kappa shape index (κ3) is 3.60. The van der Waals surface area contributed by atoms with Crippen LogP contribution in [0.1, 0.15) is 36.0 Å². The summed E-state index contributed by atoms with van der Waals surface area (Å²) in [7, 11) is 1.62. The first-order valence-corrected chi connectivity index (χ1v) is 9.43. The lowest BCUT2D eigenvalue weighted by atomic mass is 9.96. The number of hydrogen-bond donors (Lipinski definition) is 0. The molecule has 0 spiro atoms. The van der Waals surface area contributed by atoms with E-state index in [1.165, 1.54) is 0 Å². The molecule has 3 aromatic rings. The highest BCUT2D eigenvalue weighted by Gasteiger charge is 2.27. The number of carbonyl (C=O) groups excluding carboxylic acids is 2. The lowest BCUT2D eigenvalue weighted by Gasteiger charge is -2.21. The van der Waals surface area contributed by atoms with Gasteiger partial charge in [0.05, 0.1) is 23.9 Å². The molecule has 0 saturated heterocycles. The minimum Gasteiger partial charge on any atom is -0.497 e. The Balaban J connectivity index is 1.73. The Bertz CT molecular complexity index is 1030. The Morgan fingerprint density at radius 1 is 1.07 bits per heavy atom. The summed E-state index contributed by atoms with van der Waals surface area (Å²) in [6.07, 6.45) is 2.20. The molecular weight excluding hydrogens is 354 g/mol. The maximum atomic E-state index is 12.9. The lowest BCUT2D eigenvalue weighted by molar-refractivity contribution is -0.129. The van der Waals surface area contributed by atoms with E-state index in [0.29, 0.717) is 35.0 Å². The Morgan fingerprint density at radius 3 is 2.61 bits per heavy atom. The highest BCUT2D eigenvalue weighted by Crippen LogP contribution is 2.28. The maximum absolute atomic E-state index is 12.9. The average Bonchev–Trinajstić information content (AvgIpc) is 2.74. The highest BCUT2D eigenvalue weighted by atomic mass is 16.5. The monoisotopic (exact) mass is 375 g/mol. The van der Waals surface area contributed by atoms with Gasteiger partial charge in [0, 0.05) is 17.4 Å². The largest absolute Gasteiger partial charge is 0.497 e. The van der Waals surface area contributed by atoms with E-state index in [-0.39, 0.29) is 5.78 Å². The van der Waals surface area contributed by atoms with E-state index in [1.807, 2.05) is 48.5 Å². The molecule has 1 atom stereocenters. The molecular formula is C23H21NO4. The van der Waals surface area contributed by atoms with Gasteiger partial charge in [-0.05, 0) is 55.7 Å². The average molecular weight is 375 g/mol. The van der Waals surface area contributed by atoms with Crippen LogP contribution in [0.4, 0.5) is 0 Å². The third-order valence-corrected chi connectivity index (χ3v) is 5.07. The number of para-hydroxylation sites is 1. The summed E-state index contributed by atoms with van der Waals surface area (Å²) in [5.74, 6) is 0.280. The molecule has 5 nitrogen and oxygen atoms in total. The topological polar surface area (TPSA) is 65.5 Å². The summed E-state index contributed by atoms with van der Waals surface area (Å²) in [6.45, 7) is 0. The summed E-state index contributed by atoms with van der Waals surface area (Å²) < 4.78 is 10.8. The number of benzene rings is 2. The molecule has 5 heteroatoms. The number of fused-ring (bicyclic) bond motifs is 1. The summed E-state index contributed by atoms with van der Waals surface area (Å²) in [4.78, 5) is 29.7. The van der Waals surface area contributed by atoms with Crippen LogP contribution in [-0.4, -0.2) is 30.0 Å². The molecule has 0 radical (unpaired) electrons. The summed E-state index contributed by atoms with van der Waals surface area (Å²) in [6, 6.07) is 16.7. The second-order valence-corrected chi connectivity index (χ2v) is 6.91. The van der Waals surface area contributed by atoms with Crippen molar-refractivity contribution in [3.63, 3.8) is 0 Å². The molecule has 4 rings (SSSR count). The van der Waals surface area contributed by atoms with E-state index < -0.39 is 12.1 Å². The first-order valence-electron chi connectivity index (χ1n) is 9.43. The molecule has 1 aliphatic rings. The SMILES string of the molecule is COc1ccc(-c2cc(C(=O)OC3CCCCC3=O)c3ccccc3n2)cc1. The molecule has 0 aliphatic heterocycles. The number of esters is 1. The van der Waals surface area contributed by atoms with Crippen LogP contribution in [-0.2, 0) is 9.53 Å². The fourth-order valence-electron chi connectivity index (χ4n) is 3.52. The number of aromatic nitrogens is 1. The number of pyridine rings is 1. The van der Waals surface area contributed by atoms with Gasteiger partial charge in [-0.3, -0.25) is 4.79 Å². The normalized spacial score (nSPS) is 16.8. The van der Waals surface area contributed by atoms with Crippen LogP contribution in [0.2, 0.25) is 0 Å². The number of nitrogens with zero attached hydrogens (tertiary/aromatic N) is 1. The smallest absolute Gasteiger partial charge is 0.339 e. The molecule has 1 aliphatic carbocycles. The molecule has 2 aromatic carbocycles. The van der Waals surface area contributed by atoms with Gasteiger partial charge in [0.25, 0.3) is 0 Å². The number of methoxy groups -OCH3 is 1. The minimum absolute atomic E-state index is 0.00772. The standard InChI is InChI=1S/C23H21NO4/c1-27-16-12-10-15(11-13-16)20-14-18(17-6-2-3-7-19(17)24-20)23(26)28-22-9-5-4-8-21(22)25/h2-3,6-7,10-14,22H,4-5,8-9H2,1H3. The van der Waals surface area contributed by atoms with Crippen molar-refractivity contribution in [2.75, 3.05) is 7.11 Å². The highest BCUT2D eigenvalue weighted by molar-refractivity contribution is 6.05. The van der Waals surface area contributed by atoms with Crippen LogP contribution in [0.15, 0.2) is 54.6 Å². The molecule has 0 N–H and O–H groups in total. The molecule has 0 bridgehead atoms. The number of hydrogen-bond acceptors (Lipinski definition) is 5. The molecule has 28 heavy (non-hydrogen) atoms. The van der Waals surface area contributed by atoms with E-state index in [2.05, 4.69) is 0 Å². The van der Waals surface area contributed by atoms with Crippen molar-refractivity contribution in [3.05, 3.63) is 60.2 Å². The van der Waals surface area contributed by atoms with Crippen molar-refractivity contribution in [1.82, 2.24) is 4.98 Å². The molecule has 1 fully saturated rings. The molecule has 1 unspecified atom stereocenters. The number of Topliss-reactive ketones (excluding diaryl/α,β-unsaturated/α-hetero) is 1. The quantitative estimate of drug-likeness (QED) is 0.625. The summed E-state index contributed by atoms with van der Waals surface area (Å²) in [5.41, 5.74) is 2.67. The van der Waals surface area contributed by atoms with Crippen molar-refractivity contribution in [2.24, 2.45) is 0 Å². The summed E-state index contributed by atoms with van der Waals surface area (Å²) >= 11 is 0. The Labute approximate surface area is 163 Å². The van der Waals surface area contributed by atoms with Gasteiger partial charge in [-0.15, -0.1) is 0 Å². The van der Waals surface area contributed by atoms with Crippen LogP contribution in [0.3, 0.4) is 0 Å². The van der Waals surface area contributed by atoms with Crippen molar-refractivity contribution in [1.29, 1.82) is 0 Å². The predicted octanol–water partition coefficient (Wildman–Crippen LogP) is 4.58. The molecule has 142 valence electrons. The first-order chi connectivity index (χ1) is 13.7. The van der Waals surface area contributed by atoms with Gasteiger partial charge in [-0.1, -0.05) is 18.2 Å². The van der Waals surface area contributed by atoms with Gasteiger partial charge >= 0.3 is 5.97 Å². The zero-order chi connectivity index (χ0) is 19.5. The Kier molecular flexibility index (Phi) is 5.06. The van der Waals surface area contributed by atoms with E-state index in [0.717, 1.165) is 24.2 Å². The van der Waals surface area contributed by atoms with Gasteiger partial charge in [-0.2, -0.15) is 0 Å². The molecule has 1 aromatic heterocycles. The van der Waals surface area contributed by atoms with Crippen LogP contribution in [0.25, 0.3) is 22.2 Å². The Morgan fingerprint density at radius 2 is 1.86 bits per heavy atom. The van der Waals surface area contributed by atoms with Gasteiger partial charge in [0.2, 0.25) is 0 Å². The van der Waals surface area contributed by atoms with Crippen molar-refractivity contribution in [3.8, 4) is 17.0 Å². The van der Waals surface area contributed by atoms with Crippen molar-refractivity contribution in [2.45, 2.75) is 31.8 Å². The van der Waals surface area contributed by atoms with Crippen LogP contribution in [0, 0.1) is 0 Å². The minimum atomic E-state index is -0.641. The fourth-order valence-corrected chi connectivity index (χ4v) is 3.52. The predicted molar refractivity (Wildman–Crippen MR) is 106 cm³/mol. The lowest BCUT2D eigenvalue weighted by Crippen LogP contribution is -2.30. The number of ketones is 1. The van der Waals surface area contributed by atoms with Gasteiger partial charge in [-0.25, -0.2) is 9.78 Å². The van der Waals surface area contributed by atoms with Gasteiger partial charge in [0.1, 0.15) is 5.75 Å². The molecule has 0 amide bonds. The second kappa shape index (κ2) is 7.80. The number of ether oxygens (including phenoxy) is 2. The maximum Gasteiger partial charge on any atom is 0.339 e. The van der Waals surface area contributed by atoms with E-state index in [9.17, 15) is 9.59 Å². The van der Waals surface area contributed by atoms with Crippen molar-refractivity contribution >= 4 is 22.7 Å². The van der Waals surface area contributed by atoms with Crippen LogP contribution < -0.4 is 4.74 Å². The van der Waals surface area contributed by atoms with E-state index >= 15 is 0 Å². The van der Waals surface area contributed by atoms with E-state index in [4.69, 9.17) is 14.5 Å². The van der Waals surface area contributed by atoms with E-state index in [1.54, 1.807) is 13.2 Å². The summed E-state index contributed by atoms with van der Waals surface area (Å²) in [5, 5.41) is 0.716. The number of rotatable bonds is 4. The van der Waals surface area contributed by atoms with Crippen molar-refractivity contribution < 1.29 is 19.1 Å². The second-order valence-electron chi connectivity index (χ2n) is 6.91. The first kappa shape index (κ1) is 18.2. The molecule has 1 saturated carbocycles. The zero-order valence-electron chi connectivity index (χ0n) is 15.7. The fraction of sp³-hybridized carbons (Fsp3) is 0.261.